The van der Waals surface area contributed by atoms with Crippen LogP contribution in [0.4, 0.5) is 17.2 Å². The maximum absolute atomic E-state index is 11.8. The van der Waals surface area contributed by atoms with Crippen molar-refractivity contribution in [3.05, 3.63) is 80.7 Å². The molecule has 0 aliphatic heterocycles. The van der Waals surface area contributed by atoms with E-state index in [9.17, 15) is 10.1 Å². The van der Waals surface area contributed by atoms with E-state index >= 15 is 0 Å². The molecule has 0 saturated carbocycles. The second-order valence-electron chi connectivity index (χ2n) is 5.81. The van der Waals surface area contributed by atoms with Crippen LogP contribution in [-0.4, -0.2) is 19.9 Å². The Morgan fingerprint density at radius 3 is 2.62 bits per heavy atom. The molecule has 0 spiro atoms. The Kier molecular flexibility index (Phi) is 5.24. The molecule has 10 heteroatoms. The van der Waals surface area contributed by atoms with E-state index in [2.05, 4.69) is 36.2 Å². The van der Waals surface area contributed by atoms with E-state index in [1.807, 2.05) is 6.07 Å². The van der Waals surface area contributed by atoms with Gasteiger partial charge in [-0.2, -0.15) is 4.98 Å². The minimum absolute atomic E-state index is 0.00306. The monoisotopic (exact) mass is 471 g/mol. The molecule has 1 N–H and O–H groups in total. The first-order valence-electron chi connectivity index (χ1n) is 8.26. The molecule has 144 valence electrons. The molecule has 4 aromatic rings. The Morgan fingerprint density at radius 2 is 1.86 bits per heavy atom. The minimum atomic E-state index is -0.595. The fourth-order valence-electron chi connectivity index (χ4n) is 2.66. The third-order valence-corrected chi connectivity index (χ3v) is 4.91. The molecular weight excluding hydrogens is 462 g/mol. The summed E-state index contributed by atoms with van der Waals surface area (Å²) in [6.07, 6.45) is 2.80. The number of nitrogens with one attached hydrogen (secondary N) is 1. The van der Waals surface area contributed by atoms with Crippen LogP contribution in [0.5, 0.6) is 11.6 Å². The van der Waals surface area contributed by atoms with E-state index in [0.717, 1.165) is 9.86 Å². The number of benzene rings is 2. The van der Waals surface area contributed by atoms with Crippen LogP contribution in [0.3, 0.4) is 0 Å². The molecular formula is C19H11BrClN5O3. The summed E-state index contributed by atoms with van der Waals surface area (Å²) >= 11 is 9.34. The molecule has 0 aliphatic carbocycles. The van der Waals surface area contributed by atoms with Gasteiger partial charge in [0.25, 0.3) is 0 Å². The van der Waals surface area contributed by atoms with Crippen molar-refractivity contribution >= 4 is 55.6 Å². The van der Waals surface area contributed by atoms with Gasteiger partial charge in [0.2, 0.25) is 5.82 Å². The fourth-order valence-corrected chi connectivity index (χ4v) is 3.24. The highest BCUT2D eigenvalue weighted by molar-refractivity contribution is 9.10. The van der Waals surface area contributed by atoms with Gasteiger partial charge in [-0.15, -0.1) is 0 Å². The van der Waals surface area contributed by atoms with Crippen LogP contribution in [0.1, 0.15) is 0 Å². The first-order chi connectivity index (χ1) is 14.0. The first kappa shape index (κ1) is 19.0. The van der Waals surface area contributed by atoms with Gasteiger partial charge < -0.3 is 10.1 Å². The third kappa shape index (κ3) is 3.96. The van der Waals surface area contributed by atoms with Crippen molar-refractivity contribution in [1.29, 1.82) is 0 Å². The largest absolute Gasteiger partial charge is 0.431 e. The van der Waals surface area contributed by atoms with Gasteiger partial charge in [0.15, 0.2) is 5.75 Å². The van der Waals surface area contributed by atoms with Gasteiger partial charge in [-0.25, -0.2) is 4.98 Å². The van der Waals surface area contributed by atoms with Crippen molar-refractivity contribution in [3.63, 3.8) is 0 Å². The number of halogens is 2. The molecule has 4 rings (SSSR count). The molecule has 0 radical (unpaired) electrons. The molecule has 8 nitrogen and oxygen atoms in total. The molecule has 29 heavy (non-hydrogen) atoms. The van der Waals surface area contributed by atoms with Gasteiger partial charge >= 0.3 is 11.6 Å². The lowest BCUT2D eigenvalue weighted by Gasteiger charge is -2.11. The van der Waals surface area contributed by atoms with Crippen molar-refractivity contribution in [2.75, 3.05) is 5.32 Å². The van der Waals surface area contributed by atoms with Crippen LogP contribution in [0.15, 0.2) is 65.5 Å². The molecule has 0 unspecified atom stereocenters. The number of rotatable bonds is 5. The molecule has 0 amide bonds. The molecule has 2 aromatic heterocycles. The van der Waals surface area contributed by atoms with Gasteiger partial charge in [-0.05, 0) is 42.5 Å². The van der Waals surface area contributed by atoms with E-state index in [-0.39, 0.29) is 11.7 Å². The van der Waals surface area contributed by atoms with Gasteiger partial charge in [0.1, 0.15) is 11.8 Å². The van der Waals surface area contributed by atoms with Crippen LogP contribution in [0, 0.1) is 10.1 Å². The zero-order chi connectivity index (χ0) is 20.4. The number of hydrogen-bond acceptors (Lipinski definition) is 7. The highest BCUT2D eigenvalue weighted by atomic mass is 79.9. The molecule has 0 bridgehead atoms. The summed E-state index contributed by atoms with van der Waals surface area (Å²) in [5.41, 5.74) is 0.731. The smallest absolute Gasteiger partial charge is 0.373 e. The van der Waals surface area contributed by atoms with Crippen molar-refractivity contribution in [2.45, 2.75) is 0 Å². The summed E-state index contributed by atoms with van der Waals surface area (Å²) in [7, 11) is 0. The standard InChI is InChI=1S/C19H11BrClN5O3/c20-14-7-8-15(16-13(14)2-1-9-22-16)29-19-17(26(27)28)18(23-10-24-19)25-12-5-3-11(21)4-6-12/h1-10H,(H,23,24,25). The Morgan fingerprint density at radius 1 is 1.07 bits per heavy atom. The Hall–Kier alpha value is -3.30. The van der Waals surface area contributed by atoms with Gasteiger partial charge in [0, 0.05) is 26.8 Å². The normalized spacial score (nSPS) is 10.7. The van der Waals surface area contributed by atoms with Crippen LogP contribution in [0.2, 0.25) is 5.02 Å². The van der Waals surface area contributed by atoms with Crippen LogP contribution >= 0.6 is 27.5 Å². The van der Waals surface area contributed by atoms with Crippen molar-refractivity contribution in [1.82, 2.24) is 15.0 Å². The highest BCUT2D eigenvalue weighted by Gasteiger charge is 2.26. The summed E-state index contributed by atoms with van der Waals surface area (Å²) in [5.74, 6) is 0.135. The van der Waals surface area contributed by atoms with E-state index in [1.165, 1.54) is 6.33 Å². The zero-order valence-corrected chi connectivity index (χ0v) is 16.9. The number of aromatic nitrogens is 3. The van der Waals surface area contributed by atoms with Crippen LogP contribution in [-0.2, 0) is 0 Å². The van der Waals surface area contributed by atoms with E-state index < -0.39 is 10.6 Å². The number of nitro groups is 1. The molecule has 2 heterocycles. The molecule has 0 aliphatic rings. The van der Waals surface area contributed by atoms with E-state index in [0.29, 0.717) is 22.0 Å². The highest BCUT2D eigenvalue weighted by Crippen LogP contribution is 2.38. The summed E-state index contributed by atoms with van der Waals surface area (Å²) in [6.45, 7) is 0. The van der Waals surface area contributed by atoms with Crippen molar-refractivity contribution in [2.24, 2.45) is 0 Å². The third-order valence-electron chi connectivity index (χ3n) is 3.96. The van der Waals surface area contributed by atoms with Crippen LogP contribution in [0.25, 0.3) is 10.9 Å². The second kappa shape index (κ2) is 7.98. The lowest BCUT2D eigenvalue weighted by Crippen LogP contribution is -2.03. The number of pyridine rings is 1. The number of hydrogen-bond donors (Lipinski definition) is 1. The molecule has 0 atom stereocenters. The predicted molar refractivity (Wildman–Crippen MR) is 113 cm³/mol. The maximum Gasteiger partial charge on any atom is 0.373 e. The van der Waals surface area contributed by atoms with Gasteiger partial charge in [-0.3, -0.25) is 15.1 Å². The fraction of sp³-hybridized carbons (Fsp3) is 0. The number of nitrogens with zero attached hydrogens (tertiary/aromatic N) is 4. The van der Waals surface area contributed by atoms with Crippen molar-refractivity contribution < 1.29 is 9.66 Å². The summed E-state index contributed by atoms with van der Waals surface area (Å²) in [5, 5.41) is 16.0. The van der Waals surface area contributed by atoms with E-state index in [4.69, 9.17) is 16.3 Å². The number of anilines is 2. The average molecular weight is 473 g/mol. The molecule has 2 aromatic carbocycles. The summed E-state index contributed by atoms with van der Waals surface area (Å²) in [4.78, 5) is 23.4. The van der Waals surface area contributed by atoms with Gasteiger partial charge in [0.05, 0.1) is 4.92 Å². The lowest BCUT2D eigenvalue weighted by atomic mass is 10.2. The Balaban J connectivity index is 1.76. The van der Waals surface area contributed by atoms with Crippen LogP contribution < -0.4 is 10.1 Å². The van der Waals surface area contributed by atoms with Gasteiger partial charge in [-0.1, -0.05) is 33.6 Å². The second-order valence-corrected chi connectivity index (χ2v) is 7.10. The SMILES string of the molecule is O=[N+]([O-])c1c(Nc2ccc(Cl)cc2)ncnc1Oc1ccc(Br)c2cccnc12. The van der Waals surface area contributed by atoms with Crippen molar-refractivity contribution in [3.8, 4) is 11.6 Å². The number of ether oxygens (including phenoxy) is 1. The lowest BCUT2D eigenvalue weighted by molar-refractivity contribution is -0.385. The predicted octanol–water partition coefficient (Wildman–Crippen LogP) is 5.88. The zero-order valence-electron chi connectivity index (χ0n) is 14.5. The average Bonchev–Trinajstić information content (AvgIpc) is 2.72. The maximum atomic E-state index is 11.8. The minimum Gasteiger partial charge on any atom is -0.431 e. The summed E-state index contributed by atoms with van der Waals surface area (Å²) < 4.78 is 6.63. The Bertz CT molecular complexity index is 1220. The molecule has 0 saturated heterocycles. The topological polar surface area (TPSA) is 103 Å². The quantitative estimate of drug-likeness (QED) is 0.285. The number of fused-ring (bicyclic) bond motifs is 1. The Labute approximate surface area is 177 Å². The molecule has 0 fully saturated rings. The van der Waals surface area contributed by atoms with E-state index in [1.54, 1.807) is 48.7 Å². The summed E-state index contributed by atoms with van der Waals surface area (Å²) in [6, 6.07) is 13.8. The first-order valence-corrected chi connectivity index (χ1v) is 9.43.